The van der Waals surface area contributed by atoms with E-state index in [4.69, 9.17) is 5.10 Å². The van der Waals surface area contributed by atoms with Crippen molar-refractivity contribution in [2.24, 2.45) is 0 Å². The van der Waals surface area contributed by atoms with E-state index >= 15 is 0 Å². The van der Waals surface area contributed by atoms with E-state index in [2.05, 4.69) is 43.2 Å². The summed E-state index contributed by atoms with van der Waals surface area (Å²) in [4.78, 5) is 2.15. The molecule has 2 atom stereocenters. The van der Waals surface area contributed by atoms with Crippen LogP contribution in [0.4, 0.5) is 10.1 Å². The Kier molecular flexibility index (Phi) is 3.88. The van der Waals surface area contributed by atoms with Crippen LogP contribution in [0.3, 0.4) is 0 Å². The Labute approximate surface area is 177 Å². The largest absolute Gasteiger partial charge is 0.362 e. The van der Waals surface area contributed by atoms with E-state index < -0.39 is 5.82 Å². The number of nitrogens with zero attached hydrogens (tertiary/aromatic N) is 7. The van der Waals surface area contributed by atoms with E-state index in [1.165, 1.54) is 10.1 Å². The fourth-order valence-corrected chi connectivity index (χ4v) is 4.92. The van der Waals surface area contributed by atoms with Crippen molar-refractivity contribution in [3.63, 3.8) is 0 Å². The molecule has 0 radical (unpaired) electrons. The van der Waals surface area contributed by atoms with Gasteiger partial charge in [0.15, 0.2) is 5.82 Å². The molecule has 4 aromatic rings. The van der Waals surface area contributed by atoms with Crippen LogP contribution in [0.2, 0.25) is 0 Å². The maximum atomic E-state index is 14.7. The number of halogens is 1. The fraction of sp³-hybridized carbons (Fsp3) is 0.333. The SMILES string of the molecule is C[C@@H]1CN(c2ccc(C#N)n3ncc(F)c23)Cc2c3c(nn21)CCNC3c1ccn[nH]1. The summed E-state index contributed by atoms with van der Waals surface area (Å²) < 4.78 is 18.2. The van der Waals surface area contributed by atoms with Gasteiger partial charge in [0.1, 0.15) is 17.3 Å². The molecule has 0 aliphatic carbocycles. The number of H-pyrrole nitrogens is 1. The molecule has 2 aliphatic rings. The molecule has 2 aliphatic heterocycles. The molecule has 6 heterocycles. The van der Waals surface area contributed by atoms with Crippen molar-refractivity contribution in [3.8, 4) is 6.07 Å². The predicted octanol–water partition coefficient (Wildman–Crippen LogP) is 2.08. The summed E-state index contributed by atoms with van der Waals surface area (Å²) in [6.45, 7) is 4.25. The second kappa shape index (κ2) is 6.65. The van der Waals surface area contributed by atoms with Crippen LogP contribution in [0.1, 0.15) is 47.3 Å². The average Bonchev–Trinajstić information content (AvgIpc) is 3.52. The molecule has 0 saturated carbocycles. The molecule has 0 amide bonds. The van der Waals surface area contributed by atoms with E-state index in [1.807, 2.05) is 12.1 Å². The summed E-state index contributed by atoms with van der Waals surface area (Å²) in [7, 11) is 0. The third-order valence-electron chi connectivity index (χ3n) is 6.25. The standard InChI is InChI=1S/C21H20FN9/c1-12-10-29(17-3-2-13(8-23)31-21(17)14(22)9-26-31)11-18-19-15(28-30(12)18)4-6-24-20(19)16-5-7-25-27-16/h2-3,5,7,9,12,20,24H,4,6,10-11H2,1H3,(H,25,27)/t12-,20?/m1/s1. The van der Waals surface area contributed by atoms with E-state index in [0.29, 0.717) is 24.3 Å². The fourth-order valence-electron chi connectivity index (χ4n) is 4.92. The summed E-state index contributed by atoms with van der Waals surface area (Å²) in [6, 6.07) is 7.67. The van der Waals surface area contributed by atoms with Crippen molar-refractivity contribution in [1.82, 2.24) is 34.9 Å². The number of nitrogens with one attached hydrogen (secondary N) is 2. The number of aromatic amines is 1. The van der Waals surface area contributed by atoms with Gasteiger partial charge in [0.25, 0.3) is 0 Å². The summed E-state index contributed by atoms with van der Waals surface area (Å²) in [5.74, 6) is -0.433. The van der Waals surface area contributed by atoms with Crippen molar-refractivity contribution in [1.29, 1.82) is 5.26 Å². The zero-order valence-electron chi connectivity index (χ0n) is 16.9. The molecule has 0 spiro atoms. The molecule has 0 bridgehead atoms. The van der Waals surface area contributed by atoms with Crippen LogP contribution >= 0.6 is 0 Å². The Morgan fingerprint density at radius 3 is 3.00 bits per heavy atom. The minimum atomic E-state index is -0.433. The Balaban J connectivity index is 1.48. The number of anilines is 1. The maximum Gasteiger partial charge on any atom is 0.171 e. The highest BCUT2D eigenvalue weighted by Crippen LogP contribution is 2.37. The zero-order valence-corrected chi connectivity index (χ0v) is 16.9. The molecular formula is C21H20FN9. The summed E-state index contributed by atoms with van der Waals surface area (Å²) >= 11 is 0. The Bertz CT molecular complexity index is 1330. The molecule has 0 aromatic carbocycles. The van der Waals surface area contributed by atoms with Gasteiger partial charge in [-0.15, -0.1) is 0 Å². The van der Waals surface area contributed by atoms with E-state index in [1.54, 1.807) is 12.3 Å². The molecule has 31 heavy (non-hydrogen) atoms. The molecule has 10 heteroatoms. The van der Waals surface area contributed by atoms with Crippen LogP contribution in [0.15, 0.2) is 30.6 Å². The lowest BCUT2D eigenvalue weighted by Crippen LogP contribution is -2.38. The molecule has 0 fully saturated rings. The lowest BCUT2D eigenvalue weighted by molar-refractivity contribution is 0.423. The molecule has 2 N–H and O–H groups in total. The normalized spacial score (nSPS) is 20.5. The molecule has 1 unspecified atom stereocenters. The van der Waals surface area contributed by atoms with Crippen LogP contribution < -0.4 is 10.2 Å². The van der Waals surface area contributed by atoms with Crippen LogP contribution in [-0.4, -0.2) is 42.7 Å². The van der Waals surface area contributed by atoms with E-state index in [9.17, 15) is 9.65 Å². The Morgan fingerprint density at radius 2 is 2.19 bits per heavy atom. The first-order valence-corrected chi connectivity index (χ1v) is 10.3. The molecule has 4 aromatic heterocycles. The van der Waals surface area contributed by atoms with Crippen molar-refractivity contribution in [3.05, 3.63) is 64.7 Å². The molecule has 156 valence electrons. The van der Waals surface area contributed by atoms with Crippen LogP contribution in [0.5, 0.6) is 0 Å². The second-order valence-electron chi connectivity index (χ2n) is 8.10. The number of aromatic nitrogens is 6. The van der Waals surface area contributed by atoms with Crippen molar-refractivity contribution in [2.45, 2.75) is 32.0 Å². The molecule has 9 nitrogen and oxygen atoms in total. The van der Waals surface area contributed by atoms with Gasteiger partial charge in [0.05, 0.1) is 47.6 Å². The number of hydrogen-bond acceptors (Lipinski definition) is 6. The highest BCUT2D eigenvalue weighted by molar-refractivity contribution is 5.75. The Hall–Kier alpha value is -3.71. The van der Waals surface area contributed by atoms with Crippen LogP contribution in [-0.2, 0) is 13.0 Å². The van der Waals surface area contributed by atoms with Crippen LogP contribution in [0, 0.1) is 17.1 Å². The predicted molar refractivity (Wildman–Crippen MR) is 110 cm³/mol. The van der Waals surface area contributed by atoms with Gasteiger partial charge in [-0.05, 0) is 25.1 Å². The summed E-state index contributed by atoms with van der Waals surface area (Å²) in [5.41, 5.74) is 5.75. The van der Waals surface area contributed by atoms with Gasteiger partial charge < -0.3 is 10.2 Å². The summed E-state index contributed by atoms with van der Waals surface area (Å²) in [6.07, 6.45) is 3.79. The van der Waals surface area contributed by atoms with E-state index in [0.717, 1.165) is 41.9 Å². The lowest BCUT2D eigenvalue weighted by Gasteiger charge is -2.35. The van der Waals surface area contributed by atoms with Gasteiger partial charge in [0, 0.05) is 31.3 Å². The number of rotatable bonds is 2. The van der Waals surface area contributed by atoms with Gasteiger partial charge in [0.2, 0.25) is 0 Å². The van der Waals surface area contributed by atoms with Crippen molar-refractivity contribution < 1.29 is 4.39 Å². The first-order valence-electron chi connectivity index (χ1n) is 10.3. The van der Waals surface area contributed by atoms with Crippen molar-refractivity contribution >= 4 is 11.2 Å². The van der Waals surface area contributed by atoms with Crippen molar-refractivity contribution in [2.75, 3.05) is 18.0 Å². The minimum absolute atomic E-state index is 0.00478. The second-order valence-corrected chi connectivity index (χ2v) is 8.10. The molecular weight excluding hydrogens is 397 g/mol. The minimum Gasteiger partial charge on any atom is -0.362 e. The molecule has 6 rings (SSSR count). The lowest BCUT2D eigenvalue weighted by atomic mass is 9.95. The quantitative estimate of drug-likeness (QED) is 0.518. The van der Waals surface area contributed by atoms with Gasteiger partial charge in [-0.1, -0.05) is 0 Å². The van der Waals surface area contributed by atoms with Gasteiger partial charge in [-0.3, -0.25) is 9.78 Å². The number of hydrogen-bond donors (Lipinski definition) is 2. The van der Waals surface area contributed by atoms with Gasteiger partial charge in [-0.25, -0.2) is 8.91 Å². The number of fused-ring (bicyclic) bond motifs is 4. The first kappa shape index (κ1) is 18.1. The third kappa shape index (κ3) is 2.60. The monoisotopic (exact) mass is 417 g/mol. The third-order valence-corrected chi connectivity index (χ3v) is 6.25. The topological polar surface area (TPSA) is 103 Å². The smallest absolute Gasteiger partial charge is 0.171 e. The van der Waals surface area contributed by atoms with Gasteiger partial charge >= 0.3 is 0 Å². The maximum absolute atomic E-state index is 14.7. The van der Waals surface area contributed by atoms with E-state index in [-0.39, 0.29) is 12.1 Å². The average molecular weight is 417 g/mol. The highest BCUT2D eigenvalue weighted by Gasteiger charge is 2.35. The van der Waals surface area contributed by atoms with Gasteiger partial charge in [-0.2, -0.15) is 20.6 Å². The van der Waals surface area contributed by atoms with Crippen LogP contribution in [0.25, 0.3) is 5.52 Å². The molecule has 0 saturated heterocycles. The Morgan fingerprint density at radius 1 is 1.29 bits per heavy atom. The zero-order chi connectivity index (χ0) is 21.1. The first-order chi connectivity index (χ1) is 15.2. The number of pyridine rings is 1. The number of nitriles is 1. The summed E-state index contributed by atoms with van der Waals surface area (Å²) in [5, 5.41) is 29.2. The highest BCUT2D eigenvalue weighted by atomic mass is 19.1.